The van der Waals surface area contributed by atoms with Gasteiger partial charge in [0.25, 0.3) is 5.91 Å². The van der Waals surface area contributed by atoms with E-state index in [2.05, 4.69) is 10.3 Å². The van der Waals surface area contributed by atoms with Crippen molar-refractivity contribution >= 4 is 33.3 Å². The predicted molar refractivity (Wildman–Crippen MR) is 105 cm³/mol. The van der Waals surface area contributed by atoms with Gasteiger partial charge in [0, 0.05) is 11.6 Å². The van der Waals surface area contributed by atoms with Crippen molar-refractivity contribution in [2.24, 2.45) is 0 Å². The number of benzene rings is 3. The van der Waals surface area contributed by atoms with E-state index in [1.54, 1.807) is 6.20 Å². The van der Waals surface area contributed by atoms with Crippen LogP contribution in [0, 0.1) is 0 Å². The lowest BCUT2D eigenvalue weighted by Gasteiger charge is -2.13. The van der Waals surface area contributed by atoms with Crippen LogP contribution in [0.2, 0.25) is 0 Å². The van der Waals surface area contributed by atoms with E-state index >= 15 is 0 Å². The van der Waals surface area contributed by atoms with Crippen LogP contribution in [-0.4, -0.2) is 17.5 Å². The molecular weight excluding hydrogens is 324 g/mol. The largest absolute Gasteiger partial charge is 0.493 e. The lowest BCUT2D eigenvalue weighted by atomic mass is 10.0. The van der Waals surface area contributed by atoms with E-state index in [1.807, 2.05) is 73.7 Å². The van der Waals surface area contributed by atoms with Crippen molar-refractivity contribution < 1.29 is 9.53 Å². The standard InChI is InChI=1S/C22H18N2O2/c1-2-26-21-14-16-8-4-3-7-15(16)13-18(21)22(25)24-20-11-5-10-19-17(20)9-6-12-23-19/h3-14H,2H2,1H3,(H,24,25). The smallest absolute Gasteiger partial charge is 0.259 e. The first-order valence-electron chi connectivity index (χ1n) is 8.57. The number of amides is 1. The zero-order valence-corrected chi connectivity index (χ0v) is 14.4. The maximum atomic E-state index is 13.0. The molecule has 0 bridgehead atoms. The van der Waals surface area contributed by atoms with Crippen molar-refractivity contribution in [1.29, 1.82) is 0 Å². The minimum absolute atomic E-state index is 0.199. The number of fused-ring (bicyclic) bond motifs is 2. The van der Waals surface area contributed by atoms with Crippen LogP contribution in [-0.2, 0) is 0 Å². The molecule has 1 aromatic heterocycles. The topological polar surface area (TPSA) is 51.2 Å². The van der Waals surface area contributed by atoms with Gasteiger partial charge in [0.15, 0.2) is 0 Å². The summed E-state index contributed by atoms with van der Waals surface area (Å²) >= 11 is 0. The number of ether oxygens (including phenoxy) is 1. The maximum absolute atomic E-state index is 13.0. The molecule has 4 rings (SSSR count). The predicted octanol–water partition coefficient (Wildman–Crippen LogP) is 5.04. The summed E-state index contributed by atoms with van der Waals surface area (Å²) in [5.74, 6) is 0.387. The fourth-order valence-corrected chi connectivity index (χ4v) is 3.07. The fraction of sp³-hybridized carbons (Fsp3) is 0.0909. The van der Waals surface area contributed by atoms with Gasteiger partial charge in [0.05, 0.1) is 23.4 Å². The third-order valence-electron chi connectivity index (χ3n) is 4.29. The van der Waals surface area contributed by atoms with E-state index in [1.165, 1.54) is 0 Å². The van der Waals surface area contributed by atoms with Gasteiger partial charge in [-0.1, -0.05) is 30.3 Å². The summed E-state index contributed by atoms with van der Waals surface area (Å²) in [5.41, 5.74) is 2.09. The van der Waals surface area contributed by atoms with Gasteiger partial charge in [0.2, 0.25) is 0 Å². The molecule has 4 aromatic rings. The van der Waals surface area contributed by atoms with Crippen LogP contribution < -0.4 is 10.1 Å². The number of hydrogen-bond donors (Lipinski definition) is 1. The fourth-order valence-electron chi connectivity index (χ4n) is 3.07. The third kappa shape index (κ3) is 2.97. The summed E-state index contributed by atoms with van der Waals surface area (Å²) < 4.78 is 5.72. The number of anilines is 1. The Hall–Kier alpha value is -3.40. The highest BCUT2D eigenvalue weighted by Gasteiger charge is 2.15. The van der Waals surface area contributed by atoms with Gasteiger partial charge < -0.3 is 10.1 Å². The molecule has 0 saturated carbocycles. The Kier molecular flexibility index (Phi) is 4.23. The summed E-state index contributed by atoms with van der Waals surface area (Å²) in [5, 5.41) is 5.95. The quantitative estimate of drug-likeness (QED) is 0.565. The monoisotopic (exact) mass is 342 g/mol. The van der Waals surface area contributed by atoms with Crippen molar-refractivity contribution in [2.75, 3.05) is 11.9 Å². The van der Waals surface area contributed by atoms with Crippen LogP contribution in [0.4, 0.5) is 5.69 Å². The Bertz CT molecular complexity index is 1100. The van der Waals surface area contributed by atoms with Gasteiger partial charge in [-0.15, -0.1) is 0 Å². The Labute approximate surface area is 151 Å². The highest BCUT2D eigenvalue weighted by atomic mass is 16.5. The average molecular weight is 342 g/mol. The van der Waals surface area contributed by atoms with Gasteiger partial charge in [-0.3, -0.25) is 9.78 Å². The van der Waals surface area contributed by atoms with Crippen molar-refractivity contribution in [2.45, 2.75) is 6.92 Å². The van der Waals surface area contributed by atoms with Crippen molar-refractivity contribution in [1.82, 2.24) is 4.98 Å². The number of rotatable bonds is 4. The Balaban J connectivity index is 1.76. The van der Waals surface area contributed by atoms with Crippen LogP contribution >= 0.6 is 0 Å². The molecule has 4 heteroatoms. The molecule has 0 fully saturated rings. The first kappa shape index (κ1) is 16.1. The number of carbonyl (C=O) groups is 1. The number of hydrogen-bond acceptors (Lipinski definition) is 3. The molecule has 0 spiro atoms. The summed E-state index contributed by atoms with van der Waals surface area (Å²) in [6, 6.07) is 21.2. The van der Waals surface area contributed by atoms with Gasteiger partial charge in [-0.25, -0.2) is 0 Å². The summed E-state index contributed by atoms with van der Waals surface area (Å²) in [4.78, 5) is 17.3. The molecule has 0 saturated heterocycles. The van der Waals surface area contributed by atoms with E-state index < -0.39 is 0 Å². The van der Waals surface area contributed by atoms with E-state index in [0.717, 1.165) is 27.4 Å². The lowest BCUT2D eigenvalue weighted by Crippen LogP contribution is -2.14. The van der Waals surface area contributed by atoms with Crippen LogP contribution in [0.1, 0.15) is 17.3 Å². The van der Waals surface area contributed by atoms with Crippen LogP contribution in [0.5, 0.6) is 5.75 Å². The van der Waals surface area contributed by atoms with Crippen LogP contribution in [0.3, 0.4) is 0 Å². The molecule has 1 N–H and O–H groups in total. The normalized spacial score (nSPS) is 10.8. The van der Waals surface area contributed by atoms with E-state index in [9.17, 15) is 4.79 Å². The minimum Gasteiger partial charge on any atom is -0.493 e. The SMILES string of the molecule is CCOc1cc2ccccc2cc1C(=O)Nc1cccc2ncccc12. The Morgan fingerprint density at radius 1 is 1.00 bits per heavy atom. The molecule has 0 aliphatic carbocycles. The molecule has 3 aromatic carbocycles. The van der Waals surface area contributed by atoms with Crippen molar-refractivity contribution in [3.05, 3.63) is 78.5 Å². The molecule has 0 unspecified atom stereocenters. The molecule has 26 heavy (non-hydrogen) atoms. The van der Waals surface area contributed by atoms with Gasteiger partial charge in [-0.2, -0.15) is 0 Å². The first-order chi connectivity index (χ1) is 12.8. The van der Waals surface area contributed by atoms with Crippen molar-refractivity contribution in [3.8, 4) is 5.75 Å². The van der Waals surface area contributed by atoms with Crippen LogP contribution in [0.25, 0.3) is 21.7 Å². The molecule has 1 amide bonds. The van der Waals surface area contributed by atoms with Gasteiger partial charge in [-0.05, 0) is 54.1 Å². The van der Waals surface area contributed by atoms with Gasteiger partial charge >= 0.3 is 0 Å². The zero-order chi connectivity index (χ0) is 17.9. The van der Waals surface area contributed by atoms with E-state index in [-0.39, 0.29) is 5.91 Å². The lowest BCUT2D eigenvalue weighted by molar-refractivity contribution is 0.102. The molecule has 128 valence electrons. The summed E-state index contributed by atoms with van der Waals surface area (Å²) in [6.07, 6.45) is 1.74. The van der Waals surface area contributed by atoms with Crippen LogP contribution in [0.15, 0.2) is 72.9 Å². The second-order valence-electron chi connectivity index (χ2n) is 5.96. The molecule has 0 atom stereocenters. The zero-order valence-electron chi connectivity index (χ0n) is 14.4. The number of nitrogens with zero attached hydrogens (tertiary/aromatic N) is 1. The average Bonchev–Trinajstić information content (AvgIpc) is 2.68. The number of aromatic nitrogens is 1. The molecule has 0 aliphatic rings. The molecule has 0 aliphatic heterocycles. The minimum atomic E-state index is -0.199. The second-order valence-corrected chi connectivity index (χ2v) is 5.96. The molecular formula is C22H18N2O2. The Morgan fingerprint density at radius 3 is 2.62 bits per heavy atom. The summed E-state index contributed by atoms with van der Waals surface area (Å²) in [6.45, 7) is 2.41. The van der Waals surface area contributed by atoms with E-state index in [4.69, 9.17) is 4.74 Å². The number of pyridine rings is 1. The molecule has 1 heterocycles. The second kappa shape index (κ2) is 6.84. The first-order valence-corrected chi connectivity index (χ1v) is 8.57. The number of nitrogens with one attached hydrogen (secondary N) is 1. The van der Waals surface area contributed by atoms with E-state index in [0.29, 0.717) is 17.9 Å². The number of carbonyl (C=O) groups excluding carboxylic acids is 1. The highest BCUT2D eigenvalue weighted by molar-refractivity contribution is 6.11. The third-order valence-corrected chi connectivity index (χ3v) is 4.29. The molecule has 4 nitrogen and oxygen atoms in total. The summed E-state index contributed by atoms with van der Waals surface area (Å²) in [7, 11) is 0. The maximum Gasteiger partial charge on any atom is 0.259 e. The van der Waals surface area contributed by atoms with Crippen molar-refractivity contribution in [3.63, 3.8) is 0 Å². The van der Waals surface area contributed by atoms with Gasteiger partial charge in [0.1, 0.15) is 5.75 Å². The highest BCUT2D eigenvalue weighted by Crippen LogP contribution is 2.28. The molecule has 0 radical (unpaired) electrons. The Morgan fingerprint density at radius 2 is 1.81 bits per heavy atom.